The summed E-state index contributed by atoms with van der Waals surface area (Å²) in [5.41, 5.74) is 8.39. The Balaban J connectivity index is 2.90. The van der Waals surface area contributed by atoms with E-state index in [9.17, 15) is 9.59 Å². The van der Waals surface area contributed by atoms with Crippen LogP contribution >= 0.6 is 0 Å². The smallest absolute Gasteiger partial charge is 0.332 e. The maximum absolute atomic E-state index is 12.1. The van der Waals surface area contributed by atoms with Gasteiger partial charge in [-0.15, -0.1) is 0 Å². The molecule has 0 aliphatic rings. The Kier molecular flexibility index (Phi) is 5.06. The fourth-order valence-electron chi connectivity index (χ4n) is 1.81. The Morgan fingerprint density at radius 1 is 1.26 bits per heavy atom. The van der Waals surface area contributed by atoms with Crippen molar-refractivity contribution in [2.24, 2.45) is 5.73 Å². The summed E-state index contributed by atoms with van der Waals surface area (Å²) < 4.78 is 4.75. The summed E-state index contributed by atoms with van der Waals surface area (Å²) in [6.45, 7) is 5.76. The van der Waals surface area contributed by atoms with E-state index in [2.05, 4.69) is 0 Å². The van der Waals surface area contributed by atoms with Gasteiger partial charge in [-0.05, 0) is 44.0 Å². The van der Waals surface area contributed by atoms with Gasteiger partial charge in [0.15, 0.2) is 6.04 Å². The van der Waals surface area contributed by atoms with E-state index in [-0.39, 0.29) is 6.61 Å². The van der Waals surface area contributed by atoms with Crippen LogP contribution in [0.3, 0.4) is 0 Å². The van der Waals surface area contributed by atoms with Gasteiger partial charge in [0, 0.05) is 12.7 Å². The third kappa shape index (κ3) is 3.79. The molecule has 0 radical (unpaired) electrons. The molecule has 1 amide bonds. The van der Waals surface area contributed by atoms with Gasteiger partial charge >= 0.3 is 5.97 Å². The van der Waals surface area contributed by atoms with Crippen molar-refractivity contribution in [1.82, 2.24) is 0 Å². The van der Waals surface area contributed by atoms with Gasteiger partial charge in [-0.25, -0.2) is 4.79 Å². The zero-order valence-electron chi connectivity index (χ0n) is 11.8. The third-order valence-electron chi connectivity index (χ3n) is 2.73. The van der Waals surface area contributed by atoms with Crippen molar-refractivity contribution in [3.63, 3.8) is 0 Å². The molecule has 1 atom stereocenters. The number of hydrogen-bond donors (Lipinski definition) is 1. The van der Waals surface area contributed by atoms with Crippen molar-refractivity contribution in [3.05, 3.63) is 29.3 Å². The molecular weight excluding hydrogens is 244 g/mol. The van der Waals surface area contributed by atoms with Gasteiger partial charge in [0.25, 0.3) is 5.91 Å². The molecule has 0 saturated carbocycles. The zero-order chi connectivity index (χ0) is 14.6. The zero-order valence-corrected chi connectivity index (χ0v) is 11.8. The number of esters is 1. The molecule has 0 fully saturated rings. The predicted octanol–water partition coefficient (Wildman–Crippen LogP) is 1.16. The quantitative estimate of drug-likeness (QED) is 0.654. The summed E-state index contributed by atoms with van der Waals surface area (Å²) in [5.74, 6) is -1.19. The molecule has 0 bridgehead atoms. The van der Waals surface area contributed by atoms with E-state index >= 15 is 0 Å². The molecule has 0 aromatic heterocycles. The largest absolute Gasteiger partial charge is 0.464 e. The fraction of sp³-hybridized carbons (Fsp3) is 0.429. The molecule has 0 aliphatic carbocycles. The minimum Gasteiger partial charge on any atom is -0.464 e. The van der Waals surface area contributed by atoms with Crippen LogP contribution in [0.4, 0.5) is 5.69 Å². The number of hydrogen-bond acceptors (Lipinski definition) is 4. The van der Waals surface area contributed by atoms with Crippen molar-refractivity contribution in [1.29, 1.82) is 0 Å². The molecule has 19 heavy (non-hydrogen) atoms. The number of nitrogens with zero attached hydrogens (tertiary/aromatic N) is 1. The first-order valence-electron chi connectivity index (χ1n) is 6.15. The number of nitrogens with two attached hydrogens (primary N) is 1. The van der Waals surface area contributed by atoms with Gasteiger partial charge < -0.3 is 15.4 Å². The number of ether oxygens (including phenoxy) is 1. The fourth-order valence-corrected chi connectivity index (χ4v) is 1.81. The standard InChI is InChI=1S/C14H20N2O3/c1-5-19-14(18)12(15)13(17)16(4)11-7-9(2)6-10(3)8-11/h6-8,12H,5,15H2,1-4H3. The molecule has 1 rings (SSSR count). The van der Waals surface area contributed by atoms with Crippen molar-refractivity contribution >= 4 is 17.6 Å². The highest BCUT2D eigenvalue weighted by Crippen LogP contribution is 2.18. The summed E-state index contributed by atoms with van der Waals surface area (Å²) in [5, 5.41) is 0. The second kappa shape index (κ2) is 6.33. The maximum atomic E-state index is 12.1. The SMILES string of the molecule is CCOC(=O)C(N)C(=O)N(C)c1cc(C)cc(C)c1. The topological polar surface area (TPSA) is 72.6 Å². The lowest BCUT2D eigenvalue weighted by molar-refractivity contribution is -0.147. The van der Waals surface area contributed by atoms with Gasteiger partial charge in [-0.2, -0.15) is 0 Å². The lowest BCUT2D eigenvalue weighted by atomic mass is 10.1. The molecule has 104 valence electrons. The second-order valence-electron chi connectivity index (χ2n) is 4.47. The van der Waals surface area contributed by atoms with Gasteiger partial charge in [0.05, 0.1) is 6.61 Å². The minimum atomic E-state index is -1.29. The molecule has 1 aromatic rings. The first-order valence-corrected chi connectivity index (χ1v) is 6.15. The van der Waals surface area contributed by atoms with Crippen LogP contribution < -0.4 is 10.6 Å². The molecule has 1 aromatic carbocycles. The van der Waals surface area contributed by atoms with E-state index in [1.807, 2.05) is 32.0 Å². The number of carbonyl (C=O) groups excluding carboxylic acids is 2. The number of rotatable bonds is 4. The number of aryl methyl sites for hydroxylation is 2. The van der Waals surface area contributed by atoms with Crippen LogP contribution in [0.1, 0.15) is 18.1 Å². The molecule has 0 heterocycles. The Labute approximate surface area is 113 Å². The molecule has 2 N–H and O–H groups in total. The second-order valence-corrected chi connectivity index (χ2v) is 4.47. The van der Waals surface area contributed by atoms with Gasteiger partial charge in [-0.1, -0.05) is 6.07 Å². The summed E-state index contributed by atoms with van der Waals surface area (Å²) in [6, 6.07) is 4.45. The van der Waals surface area contributed by atoms with Crippen LogP contribution in [0, 0.1) is 13.8 Å². The number of benzene rings is 1. The highest BCUT2D eigenvalue weighted by molar-refractivity contribution is 6.09. The Bertz CT molecular complexity index is 465. The predicted molar refractivity (Wildman–Crippen MR) is 73.9 cm³/mol. The number of likely N-dealkylation sites (N-methyl/N-ethyl adjacent to an activating group) is 1. The van der Waals surface area contributed by atoms with E-state index in [0.717, 1.165) is 11.1 Å². The van der Waals surface area contributed by atoms with Crippen LogP contribution in [0.15, 0.2) is 18.2 Å². The number of amides is 1. The molecular formula is C14H20N2O3. The lowest BCUT2D eigenvalue weighted by Gasteiger charge is -2.21. The Morgan fingerprint density at radius 3 is 2.26 bits per heavy atom. The number of carbonyl (C=O) groups is 2. The van der Waals surface area contributed by atoms with Crippen LogP contribution in [0.5, 0.6) is 0 Å². The van der Waals surface area contributed by atoms with Crippen LogP contribution in [-0.4, -0.2) is 31.6 Å². The van der Waals surface area contributed by atoms with Crippen molar-refractivity contribution in [2.45, 2.75) is 26.8 Å². The summed E-state index contributed by atoms with van der Waals surface area (Å²) in [6.07, 6.45) is 0. The van der Waals surface area contributed by atoms with Gasteiger partial charge in [-0.3, -0.25) is 4.79 Å². The van der Waals surface area contributed by atoms with Crippen LogP contribution in [-0.2, 0) is 14.3 Å². The van der Waals surface area contributed by atoms with Gasteiger partial charge in [0.2, 0.25) is 0 Å². The monoisotopic (exact) mass is 264 g/mol. The van der Waals surface area contributed by atoms with Crippen LogP contribution in [0.2, 0.25) is 0 Å². The Morgan fingerprint density at radius 2 is 1.79 bits per heavy atom. The summed E-state index contributed by atoms with van der Waals surface area (Å²) >= 11 is 0. The average molecular weight is 264 g/mol. The highest BCUT2D eigenvalue weighted by atomic mass is 16.5. The minimum absolute atomic E-state index is 0.201. The van der Waals surface area contributed by atoms with Crippen molar-refractivity contribution in [3.8, 4) is 0 Å². The molecule has 0 aliphatic heterocycles. The molecule has 0 spiro atoms. The Hall–Kier alpha value is -1.88. The maximum Gasteiger partial charge on any atom is 0.332 e. The normalized spacial score (nSPS) is 11.8. The number of anilines is 1. The van der Waals surface area contributed by atoms with E-state index < -0.39 is 17.9 Å². The van der Waals surface area contributed by atoms with Crippen LogP contribution in [0.25, 0.3) is 0 Å². The molecule has 0 saturated heterocycles. The van der Waals surface area contributed by atoms with Crippen molar-refractivity contribution in [2.75, 3.05) is 18.6 Å². The highest BCUT2D eigenvalue weighted by Gasteiger charge is 2.27. The third-order valence-corrected chi connectivity index (χ3v) is 2.73. The molecule has 1 unspecified atom stereocenters. The van der Waals surface area contributed by atoms with E-state index in [0.29, 0.717) is 5.69 Å². The van der Waals surface area contributed by atoms with E-state index in [1.54, 1.807) is 14.0 Å². The molecule has 5 heteroatoms. The van der Waals surface area contributed by atoms with Crippen molar-refractivity contribution < 1.29 is 14.3 Å². The summed E-state index contributed by atoms with van der Waals surface area (Å²) in [7, 11) is 1.59. The average Bonchev–Trinajstić information content (AvgIpc) is 2.35. The molecule has 5 nitrogen and oxygen atoms in total. The van der Waals surface area contributed by atoms with E-state index in [1.165, 1.54) is 4.90 Å². The van der Waals surface area contributed by atoms with E-state index in [4.69, 9.17) is 10.5 Å². The van der Waals surface area contributed by atoms with Gasteiger partial charge in [0.1, 0.15) is 0 Å². The summed E-state index contributed by atoms with van der Waals surface area (Å²) in [4.78, 5) is 24.9. The lowest BCUT2D eigenvalue weighted by Crippen LogP contribution is -2.47. The first kappa shape index (κ1) is 15.2. The first-order chi connectivity index (χ1) is 8.86.